The molecule has 122 valence electrons. The van der Waals surface area contributed by atoms with Crippen molar-refractivity contribution in [3.63, 3.8) is 0 Å². The minimum Gasteiger partial charge on any atom is -0.493 e. The number of rotatable bonds is 6. The lowest BCUT2D eigenvalue weighted by Gasteiger charge is -2.13. The van der Waals surface area contributed by atoms with E-state index in [0.29, 0.717) is 34.7 Å². The maximum Gasteiger partial charge on any atom is 0.269 e. The van der Waals surface area contributed by atoms with E-state index in [-0.39, 0.29) is 5.91 Å². The van der Waals surface area contributed by atoms with E-state index < -0.39 is 0 Å². The van der Waals surface area contributed by atoms with Crippen molar-refractivity contribution in [3.05, 3.63) is 23.8 Å². The number of benzene rings is 1. The molecule has 0 unspecified atom stereocenters. The molecule has 0 fully saturated rings. The van der Waals surface area contributed by atoms with E-state index in [1.54, 1.807) is 32.4 Å². The quantitative estimate of drug-likeness (QED) is 0.548. The Morgan fingerprint density at radius 1 is 1.27 bits per heavy atom. The van der Waals surface area contributed by atoms with Crippen LogP contribution in [0, 0.1) is 5.92 Å². The zero-order valence-corrected chi connectivity index (χ0v) is 14.2. The molecule has 0 heterocycles. The fraction of sp³-hybridized carbons (Fsp3) is 0.467. The van der Waals surface area contributed by atoms with Gasteiger partial charge in [0.25, 0.3) is 5.91 Å². The van der Waals surface area contributed by atoms with Crippen molar-refractivity contribution in [1.29, 1.82) is 0 Å². The highest BCUT2D eigenvalue weighted by atomic mass is 32.1. The van der Waals surface area contributed by atoms with Gasteiger partial charge in [0.1, 0.15) is 0 Å². The smallest absolute Gasteiger partial charge is 0.269 e. The van der Waals surface area contributed by atoms with Crippen molar-refractivity contribution in [1.82, 2.24) is 16.2 Å². The van der Waals surface area contributed by atoms with Crippen LogP contribution in [-0.2, 0) is 0 Å². The Morgan fingerprint density at radius 2 is 2.00 bits per heavy atom. The minimum atomic E-state index is -0.315. The third-order valence-corrected chi connectivity index (χ3v) is 3.20. The second-order valence-electron chi connectivity index (χ2n) is 5.05. The van der Waals surface area contributed by atoms with E-state index in [1.165, 1.54) is 0 Å². The van der Waals surface area contributed by atoms with Crippen LogP contribution in [0.5, 0.6) is 11.5 Å². The topological polar surface area (TPSA) is 71.6 Å². The first-order valence-corrected chi connectivity index (χ1v) is 7.47. The number of hydrazine groups is 1. The molecule has 1 amide bonds. The molecule has 0 aliphatic rings. The summed E-state index contributed by atoms with van der Waals surface area (Å²) in [4.78, 5) is 12.0. The van der Waals surface area contributed by atoms with Gasteiger partial charge in [-0.1, -0.05) is 13.8 Å². The molecule has 0 aliphatic carbocycles. The maximum absolute atomic E-state index is 12.0. The van der Waals surface area contributed by atoms with Crippen LogP contribution in [0.3, 0.4) is 0 Å². The van der Waals surface area contributed by atoms with Crippen molar-refractivity contribution in [2.75, 3.05) is 20.8 Å². The van der Waals surface area contributed by atoms with Gasteiger partial charge in [-0.2, -0.15) is 0 Å². The number of nitrogens with one attached hydrogen (secondary N) is 3. The Kier molecular flexibility index (Phi) is 7.45. The summed E-state index contributed by atoms with van der Waals surface area (Å²) in [5.41, 5.74) is 5.51. The van der Waals surface area contributed by atoms with Crippen molar-refractivity contribution in [3.8, 4) is 11.5 Å². The molecule has 7 heteroatoms. The van der Waals surface area contributed by atoms with Gasteiger partial charge in [-0.25, -0.2) is 0 Å². The summed E-state index contributed by atoms with van der Waals surface area (Å²) in [5.74, 6) is 1.40. The predicted molar refractivity (Wildman–Crippen MR) is 90.2 cm³/mol. The number of carbonyl (C=O) groups is 1. The number of amides is 1. The van der Waals surface area contributed by atoms with Crippen LogP contribution >= 0.6 is 12.2 Å². The molecule has 1 aromatic carbocycles. The SMILES string of the molecule is CNC(=S)NNC(=O)c1ccc(OCCC(C)C)c(OC)c1. The number of thiocarbonyl (C=S) groups is 1. The molecular weight excluding hydrogens is 302 g/mol. The van der Waals surface area contributed by atoms with Crippen LogP contribution < -0.4 is 25.6 Å². The molecule has 0 saturated heterocycles. The molecule has 22 heavy (non-hydrogen) atoms. The standard InChI is InChI=1S/C15H23N3O3S/c1-10(2)7-8-21-12-6-5-11(9-13(12)20-4)14(19)17-18-15(22)16-3/h5-6,9-10H,7-8H2,1-4H3,(H,17,19)(H2,16,18,22). The monoisotopic (exact) mass is 325 g/mol. The summed E-state index contributed by atoms with van der Waals surface area (Å²) in [6, 6.07) is 5.03. The fourth-order valence-electron chi connectivity index (χ4n) is 1.58. The van der Waals surface area contributed by atoms with Gasteiger partial charge in [0.05, 0.1) is 13.7 Å². The summed E-state index contributed by atoms with van der Waals surface area (Å²) in [7, 11) is 3.20. The third kappa shape index (κ3) is 5.77. The number of carbonyl (C=O) groups excluding carboxylic acids is 1. The predicted octanol–water partition coefficient (Wildman–Crippen LogP) is 1.86. The van der Waals surface area contributed by atoms with Crippen LogP contribution in [0.2, 0.25) is 0 Å². The number of hydrogen-bond donors (Lipinski definition) is 3. The lowest BCUT2D eigenvalue weighted by atomic mass is 10.1. The van der Waals surface area contributed by atoms with Crippen LogP contribution in [-0.4, -0.2) is 31.8 Å². The molecule has 3 N–H and O–H groups in total. The first-order chi connectivity index (χ1) is 10.5. The van der Waals surface area contributed by atoms with E-state index >= 15 is 0 Å². The van der Waals surface area contributed by atoms with Crippen LogP contribution in [0.1, 0.15) is 30.6 Å². The van der Waals surface area contributed by atoms with Gasteiger partial charge in [-0.15, -0.1) is 0 Å². The molecule has 0 aromatic heterocycles. The summed E-state index contributed by atoms with van der Waals surface area (Å²) in [6.07, 6.45) is 0.955. The Hall–Kier alpha value is -2.02. The van der Waals surface area contributed by atoms with Crippen molar-refractivity contribution < 1.29 is 14.3 Å². The molecular formula is C15H23N3O3S. The van der Waals surface area contributed by atoms with E-state index in [1.807, 2.05) is 0 Å². The Balaban J connectivity index is 2.70. The van der Waals surface area contributed by atoms with Gasteiger partial charge in [-0.05, 0) is 42.8 Å². The van der Waals surface area contributed by atoms with Crippen molar-refractivity contribution >= 4 is 23.2 Å². The summed E-state index contributed by atoms with van der Waals surface area (Å²) in [5, 5.41) is 3.02. The van der Waals surface area contributed by atoms with Gasteiger partial charge in [-0.3, -0.25) is 15.6 Å². The van der Waals surface area contributed by atoms with Crippen LogP contribution in [0.4, 0.5) is 0 Å². The molecule has 0 atom stereocenters. The first kappa shape index (κ1) is 18.0. The highest BCUT2D eigenvalue weighted by Gasteiger charge is 2.11. The first-order valence-electron chi connectivity index (χ1n) is 7.06. The average molecular weight is 325 g/mol. The van der Waals surface area contributed by atoms with Crippen LogP contribution in [0.25, 0.3) is 0 Å². The third-order valence-electron chi connectivity index (χ3n) is 2.90. The van der Waals surface area contributed by atoms with E-state index in [9.17, 15) is 4.79 Å². The minimum absolute atomic E-state index is 0.315. The molecule has 0 aliphatic heterocycles. The van der Waals surface area contributed by atoms with Crippen molar-refractivity contribution in [2.24, 2.45) is 5.92 Å². The number of hydrogen-bond acceptors (Lipinski definition) is 4. The zero-order chi connectivity index (χ0) is 16.5. The molecule has 0 radical (unpaired) electrons. The Labute approximate surface area is 136 Å². The summed E-state index contributed by atoms with van der Waals surface area (Å²) in [6.45, 7) is 4.88. The second kappa shape index (κ2) is 9.09. The second-order valence-corrected chi connectivity index (χ2v) is 5.46. The molecule has 6 nitrogen and oxygen atoms in total. The lowest BCUT2D eigenvalue weighted by molar-refractivity contribution is 0.0943. The van der Waals surface area contributed by atoms with E-state index in [0.717, 1.165) is 6.42 Å². The zero-order valence-electron chi connectivity index (χ0n) is 13.4. The van der Waals surface area contributed by atoms with Gasteiger partial charge >= 0.3 is 0 Å². The summed E-state index contributed by atoms with van der Waals surface area (Å²) < 4.78 is 11.0. The Bertz CT molecular complexity index is 521. The maximum atomic E-state index is 12.0. The van der Waals surface area contributed by atoms with Gasteiger partial charge < -0.3 is 14.8 Å². The van der Waals surface area contributed by atoms with E-state index in [4.69, 9.17) is 21.7 Å². The lowest BCUT2D eigenvalue weighted by Crippen LogP contribution is -2.45. The highest BCUT2D eigenvalue weighted by molar-refractivity contribution is 7.80. The summed E-state index contributed by atoms with van der Waals surface area (Å²) >= 11 is 4.88. The largest absolute Gasteiger partial charge is 0.493 e. The average Bonchev–Trinajstić information content (AvgIpc) is 2.51. The molecule has 1 aromatic rings. The molecule has 0 saturated carbocycles. The van der Waals surface area contributed by atoms with Gasteiger partial charge in [0.2, 0.25) is 0 Å². The van der Waals surface area contributed by atoms with Gasteiger partial charge in [0, 0.05) is 12.6 Å². The molecule has 0 spiro atoms. The normalized spacial score (nSPS) is 10.0. The van der Waals surface area contributed by atoms with Crippen molar-refractivity contribution in [2.45, 2.75) is 20.3 Å². The Morgan fingerprint density at radius 3 is 2.59 bits per heavy atom. The van der Waals surface area contributed by atoms with Gasteiger partial charge in [0.15, 0.2) is 16.6 Å². The highest BCUT2D eigenvalue weighted by Crippen LogP contribution is 2.28. The number of methoxy groups -OCH3 is 1. The molecule has 1 rings (SSSR count). The fourth-order valence-corrected chi connectivity index (χ4v) is 1.63. The van der Waals surface area contributed by atoms with Crippen LogP contribution in [0.15, 0.2) is 18.2 Å². The molecule has 0 bridgehead atoms. The van der Waals surface area contributed by atoms with E-state index in [2.05, 4.69) is 30.0 Å². The number of ether oxygens (including phenoxy) is 2.